The van der Waals surface area contributed by atoms with E-state index in [9.17, 15) is 4.79 Å². The van der Waals surface area contributed by atoms with Crippen LogP contribution in [-0.4, -0.2) is 26.0 Å². The van der Waals surface area contributed by atoms with E-state index in [1.807, 2.05) is 49.5 Å². The Labute approximate surface area is 131 Å². The molecule has 0 aliphatic rings. The van der Waals surface area contributed by atoms with Gasteiger partial charge in [0, 0.05) is 37.9 Å². The van der Waals surface area contributed by atoms with Crippen LogP contribution in [0, 0.1) is 0 Å². The van der Waals surface area contributed by atoms with E-state index in [4.69, 9.17) is 5.73 Å². The van der Waals surface area contributed by atoms with Crippen molar-refractivity contribution in [2.45, 2.75) is 12.8 Å². The molecule has 22 heavy (non-hydrogen) atoms. The van der Waals surface area contributed by atoms with Crippen LogP contribution in [0.1, 0.15) is 12.0 Å². The van der Waals surface area contributed by atoms with Crippen LogP contribution < -0.4 is 16.0 Å². The maximum Gasteiger partial charge on any atom is 0.220 e. The Kier molecular flexibility index (Phi) is 5.83. The first kappa shape index (κ1) is 15.9. The lowest BCUT2D eigenvalue weighted by molar-refractivity contribution is -0.120. The maximum absolute atomic E-state index is 11.9. The van der Waals surface area contributed by atoms with Gasteiger partial charge in [0.05, 0.1) is 0 Å². The monoisotopic (exact) mass is 297 g/mol. The fourth-order valence-corrected chi connectivity index (χ4v) is 2.27. The second-order valence-electron chi connectivity index (χ2n) is 5.31. The lowest BCUT2D eigenvalue weighted by atomic mass is 10.1. The van der Waals surface area contributed by atoms with Gasteiger partial charge in [-0.25, -0.2) is 0 Å². The molecule has 0 atom stereocenters. The number of para-hydroxylation sites is 2. The van der Waals surface area contributed by atoms with Crippen LogP contribution in [0.15, 0.2) is 54.6 Å². The molecule has 0 unspecified atom stereocenters. The second kappa shape index (κ2) is 8.08. The summed E-state index contributed by atoms with van der Waals surface area (Å²) in [5.41, 5.74) is 8.80. The Morgan fingerprint density at radius 2 is 1.77 bits per heavy atom. The van der Waals surface area contributed by atoms with Crippen LogP contribution in [0.4, 0.5) is 11.4 Å². The molecule has 0 spiro atoms. The molecule has 0 aromatic heterocycles. The third-order valence-corrected chi connectivity index (χ3v) is 3.64. The number of nitrogen functional groups attached to an aromatic ring is 1. The zero-order valence-electron chi connectivity index (χ0n) is 13.0. The van der Waals surface area contributed by atoms with Crippen LogP contribution in [0.2, 0.25) is 0 Å². The largest absolute Gasteiger partial charge is 0.399 e. The van der Waals surface area contributed by atoms with E-state index in [1.54, 1.807) is 0 Å². The van der Waals surface area contributed by atoms with Crippen molar-refractivity contribution < 1.29 is 4.79 Å². The molecule has 3 N–H and O–H groups in total. The summed E-state index contributed by atoms with van der Waals surface area (Å²) in [6, 6.07) is 17.8. The maximum atomic E-state index is 11.9. The van der Waals surface area contributed by atoms with Crippen molar-refractivity contribution in [2.24, 2.45) is 0 Å². The Morgan fingerprint density at radius 3 is 2.50 bits per heavy atom. The van der Waals surface area contributed by atoms with Crippen molar-refractivity contribution in [3.63, 3.8) is 0 Å². The van der Waals surface area contributed by atoms with Crippen LogP contribution in [-0.2, 0) is 11.2 Å². The van der Waals surface area contributed by atoms with Gasteiger partial charge in [-0.15, -0.1) is 0 Å². The average molecular weight is 297 g/mol. The summed E-state index contributed by atoms with van der Waals surface area (Å²) < 4.78 is 0. The molecule has 0 fully saturated rings. The van der Waals surface area contributed by atoms with E-state index in [1.165, 1.54) is 0 Å². The van der Waals surface area contributed by atoms with E-state index in [0.717, 1.165) is 23.5 Å². The first-order valence-corrected chi connectivity index (χ1v) is 7.53. The van der Waals surface area contributed by atoms with Crippen molar-refractivity contribution in [2.75, 3.05) is 30.8 Å². The van der Waals surface area contributed by atoms with Crippen molar-refractivity contribution in [1.82, 2.24) is 5.32 Å². The summed E-state index contributed by atoms with van der Waals surface area (Å²) in [6.45, 7) is 1.41. The Bertz CT molecular complexity index is 598. The zero-order valence-corrected chi connectivity index (χ0v) is 13.0. The van der Waals surface area contributed by atoms with Gasteiger partial charge in [-0.05, 0) is 30.2 Å². The number of benzene rings is 2. The lowest BCUT2D eigenvalue weighted by Gasteiger charge is -2.19. The van der Waals surface area contributed by atoms with Gasteiger partial charge in [0.1, 0.15) is 0 Å². The number of rotatable bonds is 7. The minimum Gasteiger partial charge on any atom is -0.399 e. The molecule has 0 saturated carbocycles. The molecular formula is C18H23N3O. The molecule has 1 amide bonds. The van der Waals surface area contributed by atoms with E-state index in [0.29, 0.717) is 19.4 Å². The number of likely N-dealkylation sites (N-methyl/N-ethyl adjacent to an activating group) is 1. The molecule has 0 saturated heterocycles. The van der Waals surface area contributed by atoms with Gasteiger partial charge in [-0.1, -0.05) is 36.4 Å². The molecule has 0 heterocycles. The third-order valence-electron chi connectivity index (χ3n) is 3.64. The van der Waals surface area contributed by atoms with E-state index >= 15 is 0 Å². The van der Waals surface area contributed by atoms with E-state index in [-0.39, 0.29) is 5.91 Å². The van der Waals surface area contributed by atoms with Crippen molar-refractivity contribution in [1.29, 1.82) is 0 Å². The number of nitrogens with two attached hydrogens (primary N) is 1. The van der Waals surface area contributed by atoms with Crippen LogP contribution in [0.25, 0.3) is 0 Å². The van der Waals surface area contributed by atoms with Gasteiger partial charge in [-0.2, -0.15) is 0 Å². The van der Waals surface area contributed by atoms with E-state index < -0.39 is 0 Å². The summed E-state index contributed by atoms with van der Waals surface area (Å²) in [5.74, 6) is 0.0599. The number of anilines is 2. The number of hydrogen-bond acceptors (Lipinski definition) is 3. The number of hydrogen-bond donors (Lipinski definition) is 2. The number of nitrogens with one attached hydrogen (secondary N) is 1. The molecule has 0 radical (unpaired) electrons. The third kappa shape index (κ3) is 4.81. The molecule has 2 aromatic rings. The number of carbonyl (C=O) groups excluding carboxylic acids is 1. The average Bonchev–Trinajstić information content (AvgIpc) is 2.55. The van der Waals surface area contributed by atoms with Gasteiger partial charge in [-0.3, -0.25) is 4.79 Å². The normalized spacial score (nSPS) is 10.2. The summed E-state index contributed by atoms with van der Waals surface area (Å²) >= 11 is 0. The summed E-state index contributed by atoms with van der Waals surface area (Å²) in [6.07, 6.45) is 1.14. The van der Waals surface area contributed by atoms with Crippen LogP contribution in [0.5, 0.6) is 0 Å². The fraction of sp³-hybridized carbons (Fsp3) is 0.278. The highest BCUT2D eigenvalue weighted by Crippen LogP contribution is 2.12. The predicted octanol–water partition coefficient (Wildman–Crippen LogP) is 2.45. The molecule has 2 aromatic carbocycles. The number of aryl methyl sites for hydroxylation is 1. The molecule has 4 heteroatoms. The molecule has 2 rings (SSSR count). The Morgan fingerprint density at radius 1 is 1.09 bits per heavy atom. The minimum absolute atomic E-state index is 0.0599. The highest BCUT2D eigenvalue weighted by molar-refractivity contribution is 5.76. The SMILES string of the molecule is CN(CCNC(=O)CCc1ccccc1N)c1ccccc1. The smallest absolute Gasteiger partial charge is 0.220 e. The molecule has 0 bridgehead atoms. The predicted molar refractivity (Wildman–Crippen MR) is 91.9 cm³/mol. The molecule has 116 valence electrons. The fourth-order valence-electron chi connectivity index (χ4n) is 2.27. The first-order chi connectivity index (χ1) is 10.7. The van der Waals surface area contributed by atoms with Gasteiger partial charge < -0.3 is 16.0 Å². The topological polar surface area (TPSA) is 58.4 Å². The van der Waals surface area contributed by atoms with Crippen LogP contribution >= 0.6 is 0 Å². The number of carbonyl (C=O) groups is 1. The summed E-state index contributed by atoms with van der Waals surface area (Å²) in [5, 5.41) is 2.95. The first-order valence-electron chi connectivity index (χ1n) is 7.53. The quantitative estimate of drug-likeness (QED) is 0.772. The van der Waals surface area contributed by atoms with Gasteiger partial charge in [0.15, 0.2) is 0 Å². The highest BCUT2D eigenvalue weighted by atomic mass is 16.1. The second-order valence-corrected chi connectivity index (χ2v) is 5.31. The number of amides is 1. The highest BCUT2D eigenvalue weighted by Gasteiger charge is 2.05. The Hall–Kier alpha value is -2.49. The standard InChI is InChI=1S/C18H23N3O/c1-21(16-8-3-2-4-9-16)14-13-20-18(22)12-11-15-7-5-6-10-17(15)19/h2-10H,11-14,19H2,1H3,(H,20,22). The molecular weight excluding hydrogens is 274 g/mol. The lowest BCUT2D eigenvalue weighted by Crippen LogP contribution is -2.33. The van der Waals surface area contributed by atoms with Gasteiger partial charge in [0.2, 0.25) is 5.91 Å². The Balaban J connectivity index is 1.69. The van der Waals surface area contributed by atoms with Crippen molar-refractivity contribution in [3.05, 3.63) is 60.2 Å². The van der Waals surface area contributed by atoms with Crippen LogP contribution in [0.3, 0.4) is 0 Å². The molecule has 0 aliphatic carbocycles. The molecule has 4 nitrogen and oxygen atoms in total. The summed E-state index contributed by atoms with van der Waals surface area (Å²) in [7, 11) is 2.02. The zero-order chi connectivity index (χ0) is 15.8. The summed E-state index contributed by atoms with van der Waals surface area (Å²) in [4.78, 5) is 14.0. The van der Waals surface area contributed by atoms with Gasteiger partial charge >= 0.3 is 0 Å². The number of nitrogens with zero attached hydrogens (tertiary/aromatic N) is 1. The molecule has 0 aliphatic heterocycles. The minimum atomic E-state index is 0.0599. The van der Waals surface area contributed by atoms with Crippen molar-refractivity contribution >= 4 is 17.3 Å². The van der Waals surface area contributed by atoms with E-state index in [2.05, 4.69) is 22.3 Å². The van der Waals surface area contributed by atoms with Crippen molar-refractivity contribution in [3.8, 4) is 0 Å². The van der Waals surface area contributed by atoms with Gasteiger partial charge in [0.25, 0.3) is 0 Å².